The molecule has 37 heavy (non-hydrogen) atoms. The Hall–Kier alpha value is -3.93. The number of sulfonamides is 1. The number of hydrogen-bond acceptors (Lipinski definition) is 2. The Morgan fingerprint density at radius 3 is 1.89 bits per heavy atom. The van der Waals surface area contributed by atoms with Crippen molar-refractivity contribution in [3.8, 4) is 0 Å². The van der Waals surface area contributed by atoms with Crippen LogP contribution in [0.15, 0.2) is 118 Å². The van der Waals surface area contributed by atoms with E-state index in [0.29, 0.717) is 5.02 Å². The Morgan fingerprint density at radius 2 is 1.27 bits per heavy atom. The maximum Gasteiger partial charge on any atom is 0.284 e. The molecular weight excluding hydrogens is 500 g/mol. The topological polar surface area (TPSA) is 58.5 Å². The summed E-state index contributed by atoms with van der Waals surface area (Å²) >= 11 is 6.10. The number of nitrogens with one attached hydrogen (secondary N) is 1. The molecule has 0 spiro atoms. The van der Waals surface area contributed by atoms with Crippen LogP contribution in [0, 0.1) is 13.8 Å². The molecule has 1 N–H and O–H groups in total. The van der Waals surface area contributed by atoms with Gasteiger partial charge in [0.05, 0.1) is 4.90 Å². The minimum atomic E-state index is -3.97. The number of amidine groups is 1. The number of benzene rings is 4. The molecule has 4 aromatic carbocycles. The average molecular weight is 525 g/mol. The van der Waals surface area contributed by atoms with Crippen LogP contribution >= 0.6 is 11.6 Å². The molecule has 6 heteroatoms. The van der Waals surface area contributed by atoms with E-state index in [0.717, 1.165) is 44.7 Å². The molecule has 1 heterocycles. The highest BCUT2D eigenvalue weighted by molar-refractivity contribution is 7.90. The van der Waals surface area contributed by atoms with E-state index in [1.807, 2.05) is 98.8 Å². The van der Waals surface area contributed by atoms with Gasteiger partial charge >= 0.3 is 0 Å². The monoisotopic (exact) mass is 524 g/mol. The van der Waals surface area contributed by atoms with Gasteiger partial charge < -0.3 is 5.32 Å². The van der Waals surface area contributed by atoms with Gasteiger partial charge in [-0.1, -0.05) is 102 Å². The molecule has 1 aliphatic heterocycles. The van der Waals surface area contributed by atoms with Crippen molar-refractivity contribution >= 4 is 44.7 Å². The molecule has 0 saturated heterocycles. The number of nitrogens with zero attached hydrogens (tertiary/aromatic N) is 1. The molecule has 184 valence electrons. The second-order valence-corrected chi connectivity index (χ2v) is 11.0. The van der Waals surface area contributed by atoms with Crippen LogP contribution in [-0.2, 0) is 10.0 Å². The number of halogens is 1. The van der Waals surface area contributed by atoms with E-state index in [4.69, 9.17) is 11.6 Å². The summed E-state index contributed by atoms with van der Waals surface area (Å²) in [5.74, 6) is 0.281. The maximum absolute atomic E-state index is 13.4. The molecule has 5 rings (SSSR count). The Morgan fingerprint density at radius 1 is 0.703 bits per heavy atom. The second kappa shape index (κ2) is 10.2. The summed E-state index contributed by atoms with van der Waals surface area (Å²) in [5, 5.41) is 3.97. The van der Waals surface area contributed by atoms with Crippen molar-refractivity contribution in [2.75, 3.05) is 0 Å². The normalized spacial score (nSPS) is 15.9. The van der Waals surface area contributed by atoms with Crippen molar-refractivity contribution in [2.45, 2.75) is 18.7 Å². The third kappa shape index (κ3) is 5.43. The molecule has 1 aliphatic rings. The molecule has 0 aromatic heterocycles. The molecule has 4 aromatic rings. The zero-order valence-electron chi connectivity index (χ0n) is 20.4. The maximum atomic E-state index is 13.4. The lowest BCUT2D eigenvalue weighted by atomic mass is 9.94. The van der Waals surface area contributed by atoms with Crippen molar-refractivity contribution in [3.63, 3.8) is 0 Å². The lowest BCUT2D eigenvalue weighted by Crippen LogP contribution is -2.19. The Bertz CT molecular complexity index is 1640. The number of rotatable bonds is 5. The molecule has 0 saturated carbocycles. The molecule has 0 amide bonds. The van der Waals surface area contributed by atoms with Crippen LogP contribution in [0.5, 0.6) is 0 Å². The Kier molecular flexibility index (Phi) is 6.83. The molecule has 4 nitrogen and oxygen atoms in total. The molecule has 0 bridgehead atoms. The van der Waals surface area contributed by atoms with Crippen LogP contribution < -0.4 is 5.32 Å². The van der Waals surface area contributed by atoms with Gasteiger partial charge in [0.2, 0.25) is 0 Å². The zero-order valence-corrected chi connectivity index (χ0v) is 22.0. The van der Waals surface area contributed by atoms with Crippen LogP contribution in [0.25, 0.3) is 17.2 Å². The quantitative estimate of drug-likeness (QED) is 0.298. The standard InChI is InChI=1S/C31H25ClN2O2S/c1-21-8-14-25(15-9-21)30-29(24-6-4-3-5-7-24)28(20-23-12-16-26(32)17-13-23)33-31(30)34-37(35,36)27-18-10-22(2)11-19-27/h3-20H,1-2H3,(H,33,34)/b28-20-. The van der Waals surface area contributed by atoms with Crippen LogP contribution in [-0.4, -0.2) is 14.3 Å². The van der Waals surface area contributed by atoms with Gasteiger partial charge in [-0.15, -0.1) is 4.40 Å². The minimum absolute atomic E-state index is 0.145. The Balaban J connectivity index is 1.76. The highest BCUT2D eigenvalue weighted by atomic mass is 35.5. The van der Waals surface area contributed by atoms with Gasteiger partial charge in [-0.3, -0.25) is 0 Å². The summed E-state index contributed by atoms with van der Waals surface area (Å²) in [6.07, 6.45) is 1.98. The van der Waals surface area contributed by atoms with Gasteiger partial charge in [0, 0.05) is 21.9 Å². The number of allylic oxidation sites excluding steroid dienone is 1. The third-order valence-electron chi connectivity index (χ3n) is 6.12. The molecule has 0 radical (unpaired) electrons. The molecular formula is C31H25ClN2O2S. The smallest absolute Gasteiger partial charge is 0.284 e. The fourth-order valence-corrected chi connectivity index (χ4v) is 5.29. The summed E-state index contributed by atoms with van der Waals surface area (Å²) in [6, 6.07) is 32.1. The van der Waals surface area contributed by atoms with Crippen molar-refractivity contribution < 1.29 is 8.42 Å². The number of hydrogen-bond donors (Lipinski definition) is 1. The van der Waals surface area contributed by atoms with Gasteiger partial charge in [-0.25, -0.2) is 0 Å². The number of aryl methyl sites for hydroxylation is 2. The first kappa shape index (κ1) is 24.8. The second-order valence-electron chi connectivity index (χ2n) is 8.94. The first-order chi connectivity index (χ1) is 17.8. The van der Waals surface area contributed by atoms with E-state index in [1.54, 1.807) is 24.3 Å². The van der Waals surface area contributed by atoms with E-state index in [9.17, 15) is 8.42 Å². The average Bonchev–Trinajstić information content (AvgIpc) is 3.23. The van der Waals surface area contributed by atoms with E-state index >= 15 is 0 Å². The molecule has 0 aliphatic carbocycles. The zero-order chi connectivity index (χ0) is 26.0. The van der Waals surface area contributed by atoms with Crippen LogP contribution in [0.2, 0.25) is 5.02 Å². The predicted molar refractivity (Wildman–Crippen MR) is 153 cm³/mol. The first-order valence-corrected chi connectivity index (χ1v) is 13.7. The van der Waals surface area contributed by atoms with E-state index in [-0.39, 0.29) is 10.7 Å². The van der Waals surface area contributed by atoms with Gasteiger partial charge in [0.25, 0.3) is 10.0 Å². The van der Waals surface area contributed by atoms with Gasteiger partial charge in [0.1, 0.15) is 0 Å². The van der Waals surface area contributed by atoms with Crippen LogP contribution in [0.4, 0.5) is 0 Å². The van der Waals surface area contributed by atoms with Crippen molar-refractivity contribution in [3.05, 3.63) is 142 Å². The fourth-order valence-electron chi connectivity index (χ4n) is 4.20. The van der Waals surface area contributed by atoms with Gasteiger partial charge in [-0.05, 0) is 60.9 Å². The highest BCUT2D eigenvalue weighted by Gasteiger charge is 2.30. The van der Waals surface area contributed by atoms with Crippen LogP contribution in [0.1, 0.15) is 27.8 Å². The summed E-state index contributed by atoms with van der Waals surface area (Å²) in [7, 11) is -3.97. The molecule has 0 fully saturated rings. The lowest BCUT2D eigenvalue weighted by molar-refractivity contribution is 0.598. The first-order valence-electron chi connectivity index (χ1n) is 11.8. The van der Waals surface area contributed by atoms with E-state index < -0.39 is 10.0 Å². The third-order valence-corrected chi connectivity index (χ3v) is 7.67. The lowest BCUT2D eigenvalue weighted by Gasteiger charge is -2.09. The predicted octanol–water partition coefficient (Wildman–Crippen LogP) is 7.30. The summed E-state index contributed by atoms with van der Waals surface area (Å²) < 4.78 is 31.1. The Labute approximate surface area is 222 Å². The van der Waals surface area contributed by atoms with Gasteiger partial charge in [0.15, 0.2) is 5.84 Å². The van der Waals surface area contributed by atoms with Crippen LogP contribution in [0.3, 0.4) is 0 Å². The van der Waals surface area contributed by atoms with E-state index in [1.165, 1.54) is 0 Å². The van der Waals surface area contributed by atoms with Crippen molar-refractivity contribution in [2.24, 2.45) is 4.40 Å². The highest BCUT2D eigenvalue weighted by Crippen LogP contribution is 2.38. The van der Waals surface area contributed by atoms with E-state index in [2.05, 4.69) is 9.71 Å². The molecule has 0 unspecified atom stereocenters. The summed E-state index contributed by atoms with van der Waals surface area (Å²) in [4.78, 5) is 0.145. The summed E-state index contributed by atoms with van der Waals surface area (Å²) in [6.45, 7) is 3.94. The van der Waals surface area contributed by atoms with Gasteiger partial charge in [-0.2, -0.15) is 8.42 Å². The SMILES string of the molecule is Cc1ccc(C2=C(c3ccccc3)C(=C/c3ccc(Cl)cc3)/N/C2=N/S(=O)(=O)c2ccc(C)cc2)cc1. The summed E-state index contributed by atoms with van der Waals surface area (Å²) in [5.41, 5.74) is 7.18. The fraction of sp³-hybridized carbons (Fsp3) is 0.0645. The van der Waals surface area contributed by atoms with Crippen molar-refractivity contribution in [1.29, 1.82) is 0 Å². The molecule has 0 atom stereocenters. The minimum Gasteiger partial charge on any atom is -0.338 e. The van der Waals surface area contributed by atoms with Crippen molar-refractivity contribution in [1.82, 2.24) is 5.32 Å². The largest absolute Gasteiger partial charge is 0.338 e.